The fourth-order valence-corrected chi connectivity index (χ4v) is 2.88. The van der Waals surface area contributed by atoms with E-state index in [1.807, 2.05) is 16.7 Å². The molecule has 0 amide bonds. The van der Waals surface area contributed by atoms with Crippen LogP contribution in [0.1, 0.15) is 12.2 Å². The molecule has 0 bridgehead atoms. The van der Waals surface area contributed by atoms with E-state index in [0.29, 0.717) is 30.4 Å². The molecule has 0 unspecified atom stereocenters. The van der Waals surface area contributed by atoms with Crippen molar-refractivity contribution in [3.05, 3.63) is 29.0 Å². The molecule has 8 heteroatoms. The summed E-state index contributed by atoms with van der Waals surface area (Å²) in [6, 6.07) is 5.47. The second kappa shape index (κ2) is 6.30. The number of rotatable bonds is 6. The summed E-state index contributed by atoms with van der Waals surface area (Å²) in [5.74, 6) is 1.05. The van der Waals surface area contributed by atoms with Crippen molar-refractivity contribution in [3.63, 3.8) is 0 Å². The van der Waals surface area contributed by atoms with Gasteiger partial charge in [-0.2, -0.15) is 0 Å². The van der Waals surface area contributed by atoms with Gasteiger partial charge in [0.25, 0.3) is 0 Å². The number of aromatic nitrogens is 2. The number of fused-ring (bicyclic) bond motifs is 1. The van der Waals surface area contributed by atoms with Gasteiger partial charge in [0.15, 0.2) is 0 Å². The number of halogens is 2. The highest BCUT2D eigenvalue weighted by Crippen LogP contribution is 2.21. The minimum absolute atomic E-state index is 0.297. The Morgan fingerprint density at radius 3 is 2.80 bits per heavy atom. The van der Waals surface area contributed by atoms with E-state index in [4.69, 9.17) is 23.2 Å². The van der Waals surface area contributed by atoms with Crippen molar-refractivity contribution in [1.29, 1.82) is 0 Å². The number of benzene rings is 1. The van der Waals surface area contributed by atoms with Gasteiger partial charge < -0.3 is 4.57 Å². The van der Waals surface area contributed by atoms with Crippen LogP contribution in [0.2, 0.25) is 5.02 Å². The predicted octanol–water partition coefficient (Wildman–Crippen LogP) is 2.37. The third-order valence-corrected chi connectivity index (χ3v) is 4.03. The van der Waals surface area contributed by atoms with Gasteiger partial charge in [-0.15, -0.1) is 11.6 Å². The minimum Gasteiger partial charge on any atom is -0.327 e. The van der Waals surface area contributed by atoms with Crippen LogP contribution in [0.25, 0.3) is 11.0 Å². The minimum atomic E-state index is -3.15. The molecule has 1 aromatic carbocycles. The number of imidazole rings is 1. The first-order valence-electron chi connectivity index (χ1n) is 6.06. The van der Waals surface area contributed by atoms with Gasteiger partial charge in [-0.1, -0.05) is 11.6 Å². The first kappa shape index (κ1) is 15.6. The van der Waals surface area contributed by atoms with Crippen molar-refractivity contribution in [2.45, 2.75) is 18.8 Å². The fourth-order valence-electron chi connectivity index (χ4n) is 1.99. The maximum absolute atomic E-state index is 11.0. The number of aryl methyl sites for hydroxylation is 1. The molecule has 0 aliphatic rings. The van der Waals surface area contributed by atoms with Crippen molar-refractivity contribution >= 4 is 44.3 Å². The number of alkyl halides is 1. The Balaban J connectivity index is 2.17. The van der Waals surface area contributed by atoms with Crippen molar-refractivity contribution in [1.82, 2.24) is 14.3 Å². The lowest BCUT2D eigenvalue weighted by atomic mass is 10.3. The van der Waals surface area contributed by atoms with Crippen LogP contribution in [0, 0.1) is 0 Å². The first-order chi connectivity index (χ1) is 9.40. The average Bonchev–Trinajstić information content (AvgIpc) is 2.71. The predicted molar refractivity (Wildman–Crippen MR) is 81.8 cm³/mol. The number of hydrogen-bond donors (Lipinski definition) is 1. The molecule has 0 spiro atoms. The molecular formula is C12H15Cl2N3O2S. The van der Waals surface area contributed by atoms with Crippen LogP contribution in [0.5, 0.6) is 0 Å². The van der Waals surface area contributed by atoms with Gasteiger partial charge in [-0.3, -0.25) is 0 Å². The summed E-state index contributed by atoms with van der Waals surface area (Å²) >= 11 is 11.9. The van der Waals surface area contributed by atoms with Gasteiger partial charge >= 0.3 is 0 Å². The molecule has 0 saturated carbocycles. The quantitative estimate of drug-likeness (QED) is 0.651. The zero-order chi connectivity index (χ0) is 14.8. The molecule has 20 heavy (non-hydrogen) atoms. The summed E-state index contributed by atoms with van der Waals surface area (Å²) in [7, 11) is -3.15. The Bertz CT molecular complexity index is 713. The molecular weight excluding hydrogens is 321 g/mol. The topological polar surface area (TPSA) is 64.0 Å². The largest absolute Gasteiger partial charge is 0.327 e. The summed E-state index contributed by atoms with van der Waals surface area (Å²) in [6.07, 6.45) is 1.79. The molecule has 0 atom stereocenters. The monoisotopic (exact) mass is 335 g/mol. The van der Waals surface area contributed by atoms with E-state index in [-0.39, 0.29) is 0 Å². The van der Waals surface area contributed by atoms with Crippen LogP contribution >= 0.6 is 23.2 Å². The van der Waals surface area contributed by atoms with E-state index < -0.39 is 10.0 Å². The zero-order valence-corrected chi connectivity index (χ0v) is 13.3. The maximum Gasteiger partial charge on any atom is 0.208 e. The standard InChI is InChI=1S/C12H15Cl2N3O2S/c1-20(18,19)15-5-2-6-17-11-7-9(14)3-4-10(11)16-12(17)8-13/h3-4,7,15H,2,5-6,8H2,1H3. The summed E-state index contributed by atoms with van der Waals surface area (Å²) < 4.78 is 26.4. The maximum atomic E-state index is 11.0. The number of nitrogens with one attached hydrogen (secondary N) is 1. The molecule has 1 heterocycles. The third kappa shape index (κ3) is 3.85. The smallest absolute Gasteiger partial charge is 0.208 e. The van der Waals surface area contributed by atoms with Gasteiger partial charge in [-0.25, -0.2) is 18.1 Å². The number of nitrogens with zero attached hydrogens (tertiary/aromatic N) is 2. The van der Waals surface area contributed by atoms with Gasteiger partial charge in [0.1, 0.15) is 5.82 Å². The molecule has 0 aliphatic heterocycles. The van der Waals surface area contributed by atoms with Crippen molar-refractivity contribution < 1.29 is 8.42 Å². The second-order valence-corrected chi connectivity index (χ2v) is 7.00. The number of hydrogen-bond acceptors (Lipinski definition) is 3. The van der Waals surface area contributed by atoms with Gasteiger partial charge in [0.05, 0.1) is 23.2 Å². The Labute approximate surface area is 127 Å². The molecule has 2 rings (SSSR count). The third-order valence-electron chi connectivity index (χ3n) is 2.83. The molecule has 110 valence electrons. The molecule has 1 N–H and O–H groups in total. The molecule has 1 aromatic heterocycles. The lowest BCUT2D eigenvalue weighted by Crippen LogP contribution is -2.24. The highest BCUT2D eigenvalue weighted by atomic mass is 35.5. The van der Waals surface area contributed by atoms with Crippen LogP contribution in [0.15, 0.2) is 18.2 Å². The molecule has 0 aliphatic carbocycles. The summed E-state index contributed by atoms with van der Waals surface area (Å²) in [4.78, 5) is 4.43. The SMILES string of the molecule is CS(=O)(=O)NCCCn1c(CCl)nc2ccc(Cl)cc21. The van der Waals surface area contributed by atoms with E-state index in [1.165, 1.54) is 0 Å². The van der Waals surface area contributed by atoms with Crippen molar-refractivity contribution in [2.75, 3.05) is 12.8 Å². The highest BCUT2D eigenvalue weighted by Gasteiger charge is 2.10. The molecule has 0 fully saturated rings. The van der Waals surface area contributed by atoms with E-state index in [1.54, 1.807) is 6.07 Å². The van der Waals surface area contributed by atoms with Crippen LogP contribution < -0.4 is 4.72 Å². The first-order valence-corrected chi connectivity index (χ1v) is 8.86. The molecule has 5 nitrogen and oxygen atoms in total. The van der Waals surface area contributed by atoms with Crippen LogP contribution in [-0.4, -0.2) is 30.8 Å². The van der Waals surface area contributed by atoms with Crippen LogP contribution in [-0.2, 0) is 22.4 Å². The van der Waals surface area contributed by atoms with E-state index in [0.717, 1.165) is 23.1 Å². The molecule has 0 saturated heterocycles. The normalized spacial score (nSPS) is 12.2. The summed E-state index contributed by atoms with van der Waals surface area (Å²) in [5, 5.41) is 0.633. The van der Waals surface area contributed by atoms with E-state index >= 15 is 0 Å². The lowest BCUT2D eigenvalue weighted by Gasteiger charge is -2.08. The summed E-state index contributed by atoms with van der Waals surface area (Å²) in [5.41, 5.74) is 1.74. The molecule has 0 radical (unpaired) electrons. The van der Waals surface area contributed by atoms with Crippen molar-refractivity contribution in [3.8, 4) is 0 Å². The molecule has 2 aromatic rings. The van der Waals surface area contributed by atoms with Gasteiger partial charge in [0.2, 0.25) is 10.0 Å². The Kier molecular flexibility index (Phi) is 4.90. The fraction of sp³-hybridized carbons (Fsp3) is 0.417. The van der Waals surface area contributed by atoms with Crippen LogP contribution in [0.4, 0.5) is 0 Å². The Morgan fingerprint density at radius 2 is 2.15 bits per heavy atom. The Morgan fingerprint density at radius 1 is 1.40 bits per heavy atom. The lowest BCUT2D eigenvalue weighted by molar-refractivity contribution is 0.575. The highest BCUT2D eigenvalue weighted by molar-refractivity contribution is 7.88. The van der Waals surface area contributed by atoms with Crippen LogP contribution in [0.3, 0.4) is 0 Å². The van der Waals surface area contributed by atoms with Gasteiger partial charge in [0, 0.05) is 18.1 Å². The van der Waals surface area contributed by atoms with Crippen molar-refractivity contribution in [2.24, 2.45) is 0 Å². The zero-order valence-electron chi connectivity index (χ0n) is 10.9. The second-order valence-electron chi connectivity index (χ2n) is 4.47. The number of sulfonamides is 1. The average molecular weight is 336 g/mol. The summed E-state index contributed by atoms with van der Waals surface area (Å²) in [6.45, 7) is 1.00. The Hall–Kier alpha value is -0.820. The van der Waals surface area contributed by atoms with Gasteiger partial charge in [-0.05, 0) is 24.6 Å². The van der Waals surface area contributed by atoms with E-state index in [9.17, 15) is 8.42 Å². The van der Waals surface area contributed by atoms with E-state index in [2.05, 4.69) is 9.71 Å².